The van der Waals surface area contributed by atoms with Gasteiger partial charge in [-0.05, 0) is 33.4 Å². The standard InChI is InChI=1S/C8H17NO/c1-3-10-7-8-5-4-6-9(8)2/h8H,3-7H2,1-2H3/t8-/m0/s1. The second-order valence-corrected chi connectivity index (χ2v) is 2.94. The smallest absolute Gasteiger partial charge is 0.0621 e. The van der Waals surface area contributed by atoms with Crippen LogP contribution in [0.5, 0.6) is 0 Å². The molecule has 0 saturated carbocycles. The average molecular weight is 143 g/mol. The lowest BCUT2D eigenvalue weighted by Gasteiger charge is -2.18. The largest absolute Gasteiger partial charge is 0.380 e. The molecular weight excluding hydrogens is 126 g/mol. The van der Waals surface area contributed by atoms with E-state index in [-0.39, 0.29) is 0 Å². The number of rotatable bonds is 3. The van der Waals surface area contributed by atoms with Crippen molar-refractivity contribution in [3.05, 3.63) is 0 Å². The summed E-state index contributed by atoms with van der Waals surface area (Å²) in [7, 11) is 2.18. The van der Waals surface area contributed by atoms with E-state index >= 15 is 0 Å². The number of nitrogens with zero attached hydrogens (tertiary/aromatic N) is 1. The van der Waals surface area contributed by atoms with Crippen LogP contribution in [0, 0.1) is 0 Å². The Labute approximate surface area is 63.2 Å². The normalized spacial score (nSPS) is 27.6. The van der Waals surface area contributed by atoms with E-state index < -0.39 is 0 Å². The van der Waals surface area contributed by atoms with Crippen LogP contribution in [-0.2, 0) is 4.74 Å². The molecule has 1 aliphatic rings. The molecule has 1 heterocycles. The summed E-state index contributed by atoms with van der Waals surface area (Å²) < 4.78 is 5.35. The molecule has 60 valence electrons. The van der Waals surface area contributed by atoms with Crippen LogP contribution >= 0.6 is 0 Å². The Morgan fingerprint density at radius 1 is 1.60 bits per heavy atom. The van der Waals surface area contributed by atoms with Crippen molar-refractivity contribution >= 4 is 0 Å². The van der Waals surface area contributed by atoms with Gasteiger partial charge in [0.1, 0.15) is 0 Å². The van der Waals surface area contributed by atoms with Crippen LogP contribution in [0.1, 0.15) is 19.8 Å². The molecule has 1 saturated heterocycles. The highest BCUT2D eigenvalue weighted by Gasteiger charge is 2.19. The fourth-order valence-corrected chi connectivity index (χ4v) is 1.44. The third-order valence-corrected chi connectivity index (χ3v) is 2.19. The molecule has 1 aliphatic heterocycles. The van der Waals surface area contributed by atoms with Crippen LogP contribution in [0.25, 0.3) is 0 Å². The molecule has 0 spiro atoms. The van der Waals surface area contributed by atoms with Gasteiger partial charge in [0.25, 0.3) is 0 Å². The molecule has 0 aromatic heterocycles. The predicted octanol–water partition coefficient (Wildman–Crippen LogP) is 1.12. The fraction of sp³-hybridized carbons (Fsp3) is 1.00. The van der Waals surface area contributed by atoms with Crippen LogP contribution in [-0.4, -0.2) is 37.7 Å². The first-order chi connectivity index (χ1) is 4.84. The highest BCUT2D eigenvalue weighted by Crippen LogP contribution is 2.14. The van der Waals surface area contributed by atoms with E-state index in [9.17, 15) is 0 Å². The van der Waals surface area contributed by atoms with Crippen LogP contribution < -0.4 is 0 Å². The minimum Gasteiger partial charge on any atom is -0.380 e. The average Bonchev–Trinajstić information content (AvgIpc) is 2.31. The van der Waals surface area contributed by atoms with Gasteiger partial charge in [0.15, 0.2) is 0 Å². The summed E-state index contributed by atoms with van der Waals surface area (Å²) in [4.78, 5) is 2.38. The van der Waals surface area contributed by atoms with E-state index in [1.54, 1.807) is 0 Å². The van der Waals surface area contributed by atoms with Crippen LogP contribution in [0.2, 0.25) is 0 Å². The first-order valence-corrected chi connectivity index (χ1v) is 4.12. The molecule has 0 aliphatic carbocycles. The number of likely N-dealkylation sites (tertiary alicyclic amines) is 1. The zero-order chi connectivity index (χ0) is 7.40. The molecule has 0 aromatic carbocycles. The third-order valence-electron chi connectivity index (χ3n) is 2.19. The number of hydrogen-bond donors (Lipinski definition) is 0. The molecule has 0 aromatic rings. The van der Waals surface area contributed by atoms with E-state index in [4.69, 9.17) is 4.74 Å². The van der Waals surface area contributed by atoms with Crippen molar-refractivity contribution in [3.63, 3.8) is 0 Å². The fourth-order valence-electron chi connectivity index (χ4n) is 1.44. The Morgan fingerprint density at radius 3 is 2.90 bits per heavy atom. The minimum atomic E-state index is 0.694. The Bertz CT molecular complexity index is 95.3. The van der Waals surface area contributed by atoms with Crippen molar-refractivity contribution in [1.29, 1.82) is 0 Å². The summed E-state index contributed by atoms with van der Waals surface area (Å²) in [5.74, 6) is 0. The van der Waals surface area contributed by atoms with E-state index in [1.165, 1.54) is 19.4 Å². The van der Waals surface area contributed by atoms with Gasteiger partial charge < -0.3 is 9.64 Å². The summed E-state index contributed by atoms with van der Waals surface area (Å²) in [6.07, 6.45) is 2.66. The Hall–Kier alpha value is -0.0800. The summed E-state index contributed by atoms with van der Waals surface area (Å²) in [5, 5.41) is 0. The van der Waals surface area contributed by atoms with Crippen LogP contribution in [0.3, 0.4) is 0 Å². The van der Waals surface area contributed by atoms with Crippen molar-refractivity contribution in [2.75, 3.05) is 26.8 Å². The highest BCUT2D eigenvalue weighted by atomic mass is 16.5. The van der Waals surface area contributed by atoms with Gasteiger partial charge in [0.05, 0.1) is 6.61 Å². The van der Waals surface area contributed by atoms with Crippen LogP contribution in [0.4, 0.5) is 0 Å². The SMILES string of the molecule is CCOC[C@@H]1CCCN1C. The van der Waals surface area contributed by atoms with Crippen LogP contribution in [0.15, 0.2) is 0 Å². The lowest BCUT2D eigenvalue weighted by atomic mass is 10.2. The number of likely N-dealkylation sites (N-methyl/N-ethyl adjacent to an activating group) is 1. The molecule has 1 fully saturated rings. The maximum atomic E-state index is 5.35. The third kappa shape index (κ3) is 1.96. The Balaban J connectivity index is 2.14. The molecule has 0 radical (unpaired) electrons. The van der Waals surface area contributed by atoms with E-state index in [2.05, 4.69) is 18.9 Å². The van der Waals surface area contributed by atoms with Gasteiger partial charge in [0.2, 0.25) is 0 Å². The minimum absolute atomic E-state index is 0.694. The molecule has 0 unspecified atom stereocenters. The zero-order valence-electron chi connectivity index (χ0n) is 6.97. The summed E-state index contributed by atoms with van der Waals surface area (Å²) >= 11 is 0. The van der Waals surface area contributed by atoms with Gasteiger partial charge in [-0.1, -0.05) is 0 Å². The monoisotopic (exact) mass is 143 g/mol. The molecule has 10 heavy (non-hydrogen) atoms. The molecule has 2 heteroatoms. The number of ether oxygens (including phenoxy) is 1. The zero-order valence-corrected chi connectivity index (χ0v) is 6.97. The topological polar surface area (TPSA) is 12.5 Å². The first kappa shape index (κ1) is 8.02. The molecule has 1 rings (SSSR count). The van der Waals surface area contributed by atoms with E-state index in [1.807, 2.05) is 0 Å². The van der Waals surface area contributed by atoms with Crippen molar-refractivity contribution < 1.29 is 4.74 Å². The van der Waals surface area contributed by atoms with Crippen molar-refractivity contribution in [1.82, 2.24) is 4.90 Å². The predicted molar refractivity (Wildman–Crippen MR) is 42.1 cm³/mol. The molecule has 0 N–H and O–H groups in total. The molecule has 0 amide bonds. The molecule has 2 nitrogen and oxygen atoms in total. The van der Waals surface area contributed by atoms with Crippen molar-refractivity contribution in [2.45, 2.75) is 25.8 Å². The lowest BCUT2D eigenvalue weighted by molar-refractivity contribution is 0.0950. The van der Waals surface area contributed by atoms with E-state index in [0.717, 1.165) is 13.2 Å². The van der Waals surface area contributed by atoms with E-state index in [0.29, 0.717) is 6.04 Å². The molecule has 1 atom stereocenters. The quantitative estimate of drug-likeness (QED) is 0.587. The maximum absolute atomic E-state index is 5.35. The van der Waals surface area contributed by atoms with Gasteiger partial charge in [-0.2, -0.15) is 0 Å². The second-order valence-electron chi connectivity index (χ2n) is 2.94. The molecule has 0 bridgehead atoms. The maximum Gasteiger partial charge on any atom is 0.0621 e. The Morgan fingerprint density at radius 2 is 2.40 bits per heavy atom. The van der Waals surface area contributed by atoms with Crippen molar-refractivity contribution in [3.8, 4) is 0 Å². The summed E-state index contributed by atoms with van der Waals surface area (Å²) in [6.45, 7) is 5.07. The first-order valence-electron chi connectivity index (χ1n) is 4.12. The number of hydrogen-bond acceptors (Lipinski definition) is 2. The summed E-state index contributed by atoms with van der Waals surface area (Å²) in [5.41, 5.74) is 0. The molecular formula is C8H17NO. The van der Waals surface area contributed by atoms with Gasteiger partial charge in [-0.15, -0.1) is 0 Å². The van der Waals surface area contributed by atoms with Gasteiger partial charge in [0, 0.05) is 12.6 Å². The van der Waals surface area contributed by atoms with Crippen molar-refractivity contribution in [2.24, 2.45) is 0 Å². The lowest BCUT2D eigenvalue weighted by Crippen LogP contribution is -2.29. The van der Waals surface area contributed by atoms with Gasteiger partial charge in [-0.3, -0.25) is 0 Å². The van der Waals surface area contributed by atoms with Gasteiger partial charge >= 0.3 is 0 Å². The van der Waals surface area contributed by atoms with Gasteiger partial charge in [-0.25, -0.2) is 0 Å². The summed E-state index contributed by atoms with van der Waals surface area (Å²) in [6, 6.07) is 0.694. The highest BCUT2D eigenvalue weighted by molar-refractivity contribution is 4.75. The second kappa shape index (κ2) is 3.94. The Kier molecular flexibility index (Phi) is 3.16.